The van der Waals surface area contributed by atoms with Gasteiger partial charge in [0, 0.05) is 0 Å². The maximum absolute atomic E-state index is 10.4. The molecule has 144 valence electrons. The van der Waals surface area contributed by atoms with Gasteiger partial charge in [-0.1, -0.05) is 0 Å². The Balaban J connectivity index is 0.000000486. The van der Waals surface area contributed by atoms with Crippen LogP contribution in [0.25, 0.3) is 0 Å². The second kappa shape index (κ2) is 14.2. The molecule has 0 saturated heterocycles. The zero-order valence-corrected chi connectivity index (χ0v) is 19.7. The smallest absolute Gasteiger partial charge is 0.0312 e. The summed E-state index contributed by atoms with van der Waals surface area (Å²) in [4.78, 5) is 2.28. The first kappa shape index (κ1) is 25.3. The molecule has 3 saturated carbocycles. The first-order chi connectivity index (χ1) is 12.1. The van der Waals surface area contributed by atoms with Crippen molar-refractivity contribution in [2.24, 2.45) is 0 Å². The van der Waals surface area contributed by atoms with E-state index < -0.39 is 0 Å². The Morgan fingerprint density at radius 2 is 1.50 bits per heavy atom. The standard InChI is InChI=1S/C17H28NOTe.C5H5.Fe/c1-13(18(2)3)14-9-8-12-16(14)20-17-11-7-5-4-6-10-15(17)19;1-2-4-5-3-1;/h8-9,12-13,15,17,19H,4-7,10-11H2,1-3H3;1-5H;/q;;+2/t13-,15+,17+;;/m0../s1. The van der Waals surface area contributed by atoms with Crippen molar-refractivity contribution >= 4 is 20.9 Å². The Hall–Kier alpha value is 1.23. The van der Waals surface area contributed by atoms with Crippen molar-refractivity contribution in [2.75, 3.05) is 14.1 Å². The summed E-state index contributed by atoms with van der Waals surface area (Å²) in [5.74, 6) is 1.49. The van der Waals surface area contributed by atoms with Gasteiger partial charge in [0.15, 0.2) is 0 Å². The average Bonchev–Trinajstić information content (AvgIpc) is 3.28. The van der Waals surface area contributed by atoms with E-state index in [-0.39, 0.29) is 44.1 Å². The number of rotatable bonds is 4. The van der Waals surface area contributed by atoms with Crippen molar-refractivity contribution < 1.29 is 22.2 Å². The Morgan fingerprint density at radius 1 is 0.923 bits per heavy atom. The van der Waals surface area contributed by atoms with Crippen molar-refractivity contribution in [1.82, 2.24) is 4.90 Å². The minimum atomic E-state index is -0.289. The molecule has 10 radical (unpaired) electrons. The molecule has 4 heteroatoms. The maximum Gasteiger partial charge on any atom is 2.00 e. The van der Waals surface area contributed by atoms with Crippen LogP contribution >= 0.6 is 0 Å². The van der Waals surface area contributed by atoms with E-state index in [4.69, 9.17) is 0 Å². The summed E-state index contributed by atoms with van der Waals surface area (Å²) in [7, 11) is 4.29. The fraction of sp³-hybridized carbons (Fsp3) is 0.545. The first-order valence-electron chi connectivity index (χ1n) is 9.53. The molecule has 3 atom stereocenters. The summed E-state index contributed by atoms with van der Waals surface area (Å²) in [6.45, 7) is 2.28. The molecule has 0 aromatic carbocycles. The second-order valence-electron chi connectivity index (χ2n) is 7.16. The van der Waals surface area contributed by atoms with Crippen LogP contribution in [0, 0.1) is 61.3 Å². The van der Waals surface area contributed by atoms with Gasteiger partial charge in [0.1, 0.15) is 0 Å². The van der Waals surface area contributed by atoms with Crippen LogP contribution in [0.1, 0.15) is 45.4 Å². The molecule has 1 N–H and O–H groups in total. The molecule has 3 aliphatic rings. The number of hydrogen-bond donors (Lipinski definition) is 1. The molecule has 0 aromatic rings. The molecule has 0 amide bonds. The predicted molar refractivity (Wildman–Crippen MR) is 107 cm³/mol. The molecule has 2 nitrogen and oxygen atoms in total. The Kier molecular flexibility index (Phi) is 13.8. The summed E-state index contributed by atoms with van der Waals surface area (Å²) in [6, 6.07) is 0.482. The van der Waals surface area contributed by atoms with E-state index >= 15 is 0 Å². The van der Waals surface area contributed by atoms with Crippen LogP contribution in [0.5, 0.6) is 0 Å². The third-order valence-corrected chi connectivity index (χ3v) is 9.25. The van der Waals surface area contributed by atoms with Crippen molar-refractivity contribution in [1.29, 1.82) is 0 Å². The molecule has 3 rings (SSSR count). The van der Waals surface area contributed by atoms with Crippen molar-refractivity contribution in [3.8, 4) is 0 Å². The number of aliphatic hydroxyl groups is 1. The van der Waals surface area contributed by atoms with E-state index in [0.29, 0.717) is 10.0 Å². The van der Waals surface area contributed by atoms with Crippen LogP contribution in [-0.4, -0.2) is 57.2 Å². The number of hydrogen-bond acceptors (Lipinski definition) is 2. The molecule has 26 heavy (non-hydrogen) atoms. The van der Waals surface area contributed by atoms with Crippen LogP contribution in [0.3, 0.4) is 0 Å². The van der Waals surface area contributed by atoms with Gasteiger partial charge in [0.2, 0.25) is 0 Å². The molecule has 0 unspecified atom stereocenters. The van der Waals surface area contributed by atoms with Crippen LogP contribution in [-0.2, 0) is 17.1 Å². The van der Waals surface area contributed by atoms with Gasteiger partial charge in [-0.05, 0) is 32.1 Å². The van der Waals surface area contributed by atoms with E-state index in [9.17, 15) is 5.11 Å². The second-order valence-corrected chi connectivity index (χ2v) is 10.8. The third-order valence-electron chi connectivity index (χ3n) is 5.03. The molecular weight excluding hydrogens is 478 g/mol. The van der Waals surface area contributed by atoms with Gasteiger partial charge in [-0.25, -0.2) is 0 Å². The van der Waals surface area contributed by atoms with Gasteiger partial charge in [-0.15, -0.1) is 0 Å². The van der Waals surface area contributed by atoms with E-state index in [1.54, 1.807) is 3.97 Å². The summed E-state index contributed by atoms with van der Waals surface area (Å²) in [5.41, 5.74) is 0. The van der Waals surface area contributed by atoms with E-state index in [1.807, 2.05) is 32.1 Å². The monoisotopic (exact) mass is 513 g/mol. The Labute approximate surface area is 184 Å². The molecule has 0 aromatic heterocycles. The summed E-state index contributed by atoms with van der Waals surface area (Å²) in [5, 5.41) is 10.4. The molecule has 0 spiro atoms. The van der Waals surface area contributed by atoms with Crippen LogP contribution in [0.2, 0.25) is 3.97 Å². The zero-order chi connectivity index (χ0) is 18.1. The van der Waals surface area contributed by atoms with Crippen molar-refractivity contribution in [3.05, 3.63) is 61.3 Å². The average molecular weight is 511 g/mol. The van der Waals surface area contributed by atoms with Crippen molar-refractivity contribution in [3.63, 3.8) is 0 Å². The fourth-order valence-electron chi connectivity index (χ4n) is 3.20. The zero-order valence-electron chi connectivity index (χ0n) is 16.2. The topological polar surface area (TPSA) is 23.5 Å². The maximum atomic E-state index is 10.4. The Bertz CT molecular complexity index is 343. The van der Waals surface area contributed by atoms with Crippen LogP contribution < -0.4 is 0 Å². The first-order valence-corrected chi connectivity index (χ1v) is 12.0. The minimum absolute atomic E-state index is 0. The summed E-state index contributed by atoms with van der Waals surface area (Å²) >= 11 is -0.289. The molecule has 0 aliphatic heterocycles. The normalized spacial score (nSPS) is 29.4. The molecular formula is C22H33FeNOTe+2. The van der Waals surface area contributed by atoms with E-state index in [2.05, 4.69) is 45.2 Å². The summed E-state index contributed by atoms with van der Waals surface area (Å²) in [6.07, 6.45) is 24.2. The SMILES string of the molecule is C[C@@H]([C]1[CH][CH][CH][C]1[Te][C@@H]1CCCCCC[C@H]1O)N(C)C.[CH]1[CH][CH][CH][CH]1.[Fe+2]. The molecule has 3 aliphatic carbocycles. The molecule has 0 heterocycles. The number of aliphatic hydroxyl groups excluding tert-OH is 1. The van der Waals surface area contributed by atoms with Gasteiger partial charge in [0.05, 0.1) is 0 Å². The van der Waals surface area contributed by atoms with Gasteiger partial charge in [-0.2, -0.15) is 0 Å². The number of nitrogens with zero attached hydrogens (tertiary/aromatic N) is 1. The predicted octanol–water partition coefficient (Wildman–Crippen LogP) is 3.90. The fourth-order valence-corrected chi connectivity index (χ4v) is 7.30. The van der Waals surface area contributed by atoms with E-state index in [1.165, 1.54) is 38.0 Å². The van der Waals surface area contributed by atoms with Crippen LogP contribution in [0.4, 0.5) is 0 Å². The van der Waals surface area contributed by atoms with Crippen LogP contribution in [0.15, 0.2) is 0 Å². The van der Waals surface area contributed by atoms with Gasteiger partial charge in [-0.3, -0.25) is 0 Å². The third kappa shape index (κ3) is 8.71. The van der Waals surface area contributed by atoms with Gasteiger partial charge >= 0.3 is 153 Å². The van der Waals surface area contributed by atoms with Gasteiger partial charge < -0.3 is 0 Å². The summed E-state index contributed by atoms with van der Waals surface area (Å²) < 4.78 is 2.15. The van der Waals surface area contributed by atoms with Gasteiger partial charge in [0.25, 0.3) is 0 Å². The largest absolute Gasteiger partial charge is 2.00 e. The van der Waals surface area contributed by atoms with E-state index in [0.717, 1.165) is 6.42 Å². The molecule has 3 fully saturated rings. The van der Waals surface area contributed by atoms with Crippen molar-refractivity contribution in [2.45, 2.75) is 61.6 Å². The Morgan fingerprint density at radius 3 is 2.08 bits per heavy atom. The minimum Gasteiger partial charge on any atom is -0.0312 e. The quantitative estimate of drug-likeness (QED) is 0.580. The molecule has 0 bridgehead atoms.